The third-order valence-corrected chi connectivity index (χ3v) is 5.26. The van der Waals surface area contributed by atoms with Gasteiger partial charge in [0.1, 0.15) is 5.82 Å². The van der Waals surface area contributed by atoms with E-state index in [0.29, 0.717) is 9.89 Å². The van der Waals surface area contributed by atoms with Crippen molar-refractivity contribution in [3.8, 4) is 0 Å². The molecule has 2 aliphatic rings. The zero-order valence-electron chi connectivity index (χ0n) is 11.6. The molecule has 1 aromatic carbocycles. The average Bonchev–Trinajstić information content (AvgIpc) is 2.66. The fraction of sp³-hybridized carbons (Fsp3) is 0.625. The highest BCUT2D eigenvalue weighted by Gasteiger charge is 2.35. The maximum atomic E-state index is 13.3. The predicted molar refractivity (Wildman–Crippen MR) is 81.2 cm³/mol. The molecule has 2 nitrogen and oxygen atoms in total. The molecule has 1 saturated heterocycles. The molecule has 1 saturated carbocycles. The topological polar surface area (TPSA) is 21.3 Å². The molecule has 3 rings (SSSR count). The van der Waals surface area contributed by atoms with Gasteiger partial charge in [-0.1, -0.05) is 25.3 Å². The van der Waals surface area contributed by atoms with E-state index in [1.165, 1.54) is 38.2 Å². The molecule has 1 N–H and O–H groups in total. The Morgan fingerprint density at radius 3 is 2.80 bits per heavy atom. The van der Waals surface area contributed by atoms with Crippen molar-refractivity contribution in [2.24, 2.45) is 5.41 Å². The van der Waals surface area contributed by atoms with E-state index in [0.717, 1.165) is 25.3 Å². The standard InChI is InChI=1S/C16H21BrFNO/c17-13-8-12(4-5-14(13)18)15-9-19-10-16(11-20-15)6-2-1-3-7-16/h4-5,8,15,19H,1-3,6-7,9-11H2. The van der Waals surface area contributed by atoms with Crippen LogP contribution in [-0.4, -0.2) is 19.7 Å². The van der Waals surface area contributed by atoms with E-state index in [1.807, 2.05) is 12.1 Å². The quantitative estimate of drug-likeness (QED) is 0.826. The summed E-state index contributed by atoms with van der Waals surface area (Å²) in [6, 6.07) is 5.16. The minimum Gasteiger partial charge on any atom is -0.372 e. The fourth-order valence-electron chi connectivity index (χ4n) is 3.41. The van der Waals surface area contributed by atoms with Gasteiger partial charge in [-0.25, -0.2) is 4.39 Å². The molecule has 0 radical (unpaired) electrons. The summed E-state index contributed by atoms with van der Waals surface area (Å²) in [5.41, 5.74) is 1.36. The first-order chi connectivity index (χ1) is 9.69. The first-order valence-electron chi connectivity index (χ1n) is 7.46. The number of halogens is 2. The second-order valence-electron chi connectivity index (χ2n) is 6.16. The minimum absolute atomic E-state index is 0.0215. The van der Waals surface area contributed by atoms with Gasteiger partial charge in [-0.05, 0) is 46.5 Å². The normalized spacial score (nSPS) is 26.4. The molecular weight excluding hydrogens is 321 g/mol. The van der Waals surface area contributed by atoms with Gasteiger partial charge < -0.3 is 10.1 Å². The van der Waals surface area contributed by atoms with Crippen LogP contribution < -0.4 is 5.32 Å². The Labute approximate surface area is 128 Å². The molecule has 110 valence electrons. The van der Waals surface area contributed by atoms with E-state index in [9.17, 15) is 4.39 Å². The molecule has 1 aromatic rings. The molecule has 1 aliphatic heterocycles. The first kappa shape index (κ1) is 14.5. The van der Waals surface area contributed by atoms with Gasteiger partial charge in [-0.15, -0.1) is 0 Å². The summed E-state index contributed by atoms with van der Waals surface area (Å²) in [6.07, 6.45) is 6.54. The number of nitrogens with one attached hydrogen (secondary N) is 1. The van der Waals surface area contributed by atoms with Crippen molar-refractivity contribution in [1.82, 2.24) is 5.32 Å². The van der Waals surface area contributed by atoms with E-state index in [1.54, 1.807) is 0 Å². The Morgan fingerprint density at radius 2 is 2.05 bits per heavy atom. The summed E-state index contributed by atoms with van der Waals surface area (Å²) < 4.78 is 20.0. The Kier molecular flexibility index (Phi) is 4.43. The number of rotatable bonds is 1. The molecule has 1 heterocycles. The van der Waals surface area contributed by atoms with Gasteiger partial charge in [-0.3, -0.25) is 0 Å². The van der Waals surface area contributed by atoms with Crippen LogP contribution in [0.2, 0.25) is 0 Å². The van der Waals surface area contributed by atoms with Crippen molar-refractivity contribution in [2.45, 2.75) is 38.2 Å². The highest BCUT2D eigenvalue weighted by Crippen LogP contribution is 2.38. The first-order valence-corrected chi connectivity index (χ1v) is 8.25. The van der Waals surface area contributed by atoms with Crippen LogP contribution >= 0.6 is 15.9 Å². The Morgan fingerprint density at radius 1 is 1.25 bits per heavy atom. The van der Waals surface area contributed by atoms with E-state index >= 15 is 0 Å². The molecule has 0 bridgehead atoms. The highest BCUT2D eigenvalue weighted by atomic mass is 79.9. The lowest BCUT2D eigenvalue weighted by atomic mass is 9.74. The summed E-state index contributed by atoms with van der Waals surface area (Å²) in [7, 11) is 0. The second-order valence-corrected chi connectivity index (χ2v) is 7.02. The van der Waals surface area contributed by atoms with Crippen molar-refractivity contribution < 1.29 is 9.13 Å². The van der Waals surface area contributed by atoms with Crippen molar-refractivity contribution >= 4 is 15.9 Å². The maximum absolute atomic E-state index is 13.3. The largest absolute Gasteiger partial charge is 0.372 e. The van der Waals surface area contributed by atoms with Crippen LogP contribution in [0, 0.1) is 11.2 Å². The van der Waals surface area contributed by atoms with Gasteiger partial charge in [-0.2, -0.15) is 0 Å². The van der Waals surface area contributed by atoms with E-state index in [-0.39, 0.29) is 11.9 Å². The van der Waals surface area contributed by atoms with Crippen molar-refractivity contribution in [3.05, 3.63) is 34.1 Å². The van der Waals surface area contributed by atoms with Gasteiger partial charge in [0.25, 0.3) is 0 Å². The van der Waals surface area contributed by atoms with Crippen LogP contribution in [0.1, 0.15) is 43.8 Å². The molecule has 4 heteroatoms. The van der Waals surface area contributed by atoms with Crippen LogP contribution in [0.4, 0.5) is 4.39 Å². The van der Waals surface area contributed by atoms with Gasteiger partial charge >= 0.3 is 0 Å². The molecule has 2 fully saturated rings. The highest BCUT2D eigenvalue weighted by molar-refractivity contribution is 9.10. The summed E-state index contributed by atoms with van der Waals surface area (Å²) in [5.74, 6) is -0.223. The Hall–Kier alpha value is -0.450. The monoisotopic (exact) mass is 341 g/mol. The third-order valence-electron chi connectivity index (χ3n) is 4.65. The number of benzene rings is 1. The van der Waals surface area contributed by atoms with Gasteiger partial charge in [0.15, 0.2) is 0 Å². The number of ether oxygens (including phenoxy) is 1. The van der Waals surface area contributed by atoms with Crippen LogP contribution in [-0.2, 0) is 4.74 Å². The van der Waals surface area contributed by atoms with E-state index in [4.69, 9.17) is 4.74 Å². The van der Waals surface area contributed by atoms with Gasteiger partial charge in [0.05, 0.1) is 17.2 Å². The van der Waals surface area contributed by atoms with Crippen LogP contribution in [0.3, 0.4) is 0 Å². The lowest BCUT2D eigenvalue weighted by molar-refractivity contribution is -0.00145. The van der Waals surface area contributed by atoms with Crippen molar-refractivity contribution in [3.63, 3.8) is 0 Å². The Bertz CT molecular complexity index is 474. The Balaban J connectivity index is 1.71. The van der Waals surface area contributed by atoms with Crippen molar-refractivity contribution in [2.75, 3.05) is 19.7 Å². The van der Waals surface area contributed by atoms with Crippen molar-refractivity contribution in [1.29, 1.82) is 0 Å². The lowest BCUT2D eigenvalue weighted by Crippen LogP contribution is -2.37. The fourth-order valence-corrected chi connectivity index (χ4v) is 3.80. The van der Waals surface area contributed by atoms with Gasteiger partial charge in [0.2, 0.25) is 0 Å². The predicted octanol–water partition coefficient (Wildman–Crippen LogP) is 4.20. The minimum atomic E-state index is -0.223. The molecule has 1 spiro atoms. The van der Waals surface area contributed by atoms with Crippen LogP contribution in [0.25, 0.3) is 0 Å². The molecule has 0 aromatic heterocycles. The maximum Gasteiger partial charge on any atom is 0.137 e. The SMILES string of the molecule is Fc1ccc(C2CNCC3(CCCCC3)CO2)cc1Br. The molecule has 1 atom stereocenters. The lowest BCUT2D eigenvalue weighted by Gasteiger charge is -2.35. The molecular formula is C16H21BrFNO. The second kappa shape index (κ2) is 6.12. The third kappa shape index (κ3) is 3.07. The number of hydrogen-bond acceptors (Lipinski definition) is 2. The molecule has 0 amide bonds. The summed E-state index contributed by atoms with van der Waals surface area (Å²) in [5, 5.41) is 3.56. The smallest absolute Gasteiger partial charge is 0.137 e. The zero-order valence-corrected chi connectivity index (χ0v) is 13.2. The van der Waals surface area contributed by atoms with E-state index in [2.05, 4.69) is 21.2 Å². The van der Waals surface area contributed by atoms with E-state index < -0.39 is 0 Å². The summed E-state index contributed by atoms with van der Waals surface area (Å²) >= 11 is 3.25. The van der Waals surface area contributed by atoms with Crippen LogP contribution in [0.15, 0.2) is 22.7 Å². The molecule has 20 heavy (non-hydrogen) atoms. The molecule has 1 aliphatic carbocycles. The summed E-state index contributed by atoms with van der Waals surface area (Å²) in [4.78, 5) is 0. The zero-order chi connectivity index (χ0) is 14.0. The molecule has 1 unspecified atom stereocenters. The summed E-state index contributed by atoms with van der Waals surface area (Å²) in [6.45, 7) is 2.67. The van der Waals surface area contributed by atoms with Crippen LogP contribution in [0.5, 0.6) is 0 Å². The number of hydrogen-bond donors (Lipinski definition) is 1. The average molecular weight is 342 g/mol. The van der Waals surface area contributed by atoms with Gasteiger partial charge in [0, 0.05) is 18.5 Å².